The summed E-state index contributed by atoms with van der Waals surface area (Å²) in [5, 5.41) is 0. The summed E-state index contributed by atoms with van der Waals surface area (Å²) in [4.78, 5) is 6.46. The number of aromatic nitrogens is 1. The van der Waals surface area contributed by atoms with Crippen LogP contribution in [0.25, 0.3) is 0 Å². The van der Waals surface area contributed by atoms with Crippen LogP contribution >= 0.6 is 0 Å². The van der Waals surface area contributed by atoms with Gasteiger partial charge in [-0.15, -0.1) is 0 Å². The minimum Gasteiger partial charge on any atom is -0.449 e. The molecule has 0 spiro atoms. The van der Waals surface area contributed by atoms with E-state index in [1.54, 1.807) is 6.26 Å². The number of hydrogen-bond donors (Lipinski definition) is 1. The molecule has 1 rings (SSSR count). The second-order valence-corrected chi connectivity index (χ2v) is 3.97. The van der Waals surface area contributed by atoms with E-state index in [0.29, 0.717) is 0 Å². The lowest BCUT2D eigenvalue weighted by Gasteiger charge is -2.05. The highest BCUT2D eigenvalue weighted by Gasteiger charge is 2.05. The minimum atomic E-state index is 0.141. The van der Waals surface area contributed by atoms with Crippen molar-refractivity contribution < 1.29 is 4.42 Å². The summed E-state index contributed by atoms with van der Waals surface area (Å²) in [6.07, 6.45) is 3.34. The van der Waals surface area contributed by atoms with Crippen LogP contribution in [0.1, 0.15) is 18.5 Å². The SMILES string of the molecule is CC(N)Cc1coc(CCN(C)C)n1. The zero-order valence-electron chi connectivity index (χ0n) is 9.16. The van der Waals surface area contributed by atoms with Crippen molar-refractivity contribution in [1.82, 2.24) is 9.88 Å². The third kappa shape index (κ3) is 3.89. The first-order valence-corrected chi connectivity index (χ1v) is 4.91. The monoisotopic (exact) mass is 197 g/mol. The first kappa shape index (κ1) is 11.2. The van der Waals surface area contributed by atoms with E-state index in [1.165, 1.54) is 0 Å². The van der Waals surface area contributed by atoms with Crippen molar-refractivity contribution in [3.05, 3.63) is 17.8 Å². The van der Waals surface area contributed by atoms with Crippen molar-refractivity contribution in [3.8, 4) is 0 Å². The van der Waals surface area contributed by atoms with E-state index < -0.39 is 0 Å². The molecule has 1 atom stereocenters. The van der Waals surface area contributed by atoms with Crippen LogP contribution < -0.4 is 5.73 Å². The van der Waals surface area contributed by atoms with Gasteiger partial charge in [-0.3, -0.25) is 0 Å². The number of oxazole rings is 1. The second kappa shape index (κ2) is 5.12. The molecule has 1 aromatic heterocycles. The lowest BCUT2D eigenvalue weighted by atomic mass is 10.2. The Morgan fingerprint density at radius 1 is 1.57 bits per heavy atom. The molecule has 0 bridgehead atoms. The average Bonchev–Trinajstić information content (AvgIpc) is 2.47. The van der Waals surface area contributed by atoms with Crippen LogP contribution in [0.5, 0.6) is 0 Å². The van der Waals surface area contributed by atoms with Gasteiger partial charge in [-0.25, -0.2) is 4.98 Å². The molecule has 0 aromatic carbocycles. The summed E-state index contributed by atoms with van der Waals surface area (Å²) in [6.45, 7) is 2.92. The molecule has 0 aliphatic carbocycles. The molecule has 14 heavy (non-hydrogen) atoms. The molecule has 2 N–H and O–H groups in total. The summed E-state index contributed by atoms with van der Waals surface area (Å²) < 4.78 is 5.32. The average molecular weight is 197 g/mol. The predicted molar refractivity (Wildman–Crippen MR) is 56.1 cm³/mol. The van der Waals surface area contributed by atoms with Gasteiger partial charge in [0.2, 0.25) is 0 Å². The number of rotatable bonds is 5. The standard InChI is InChI=1S/C10H19N3O/c1-8(11)6-9-7-14-10(12-9)4-5-13(2)3/h7-8H,4-6,11H2,1-3H3. The van der Waals surface area contributed by atoms with Gasteiger partial charge in [-0.2, -0.15) is 0 Å². The summed E-state index contributed by atoms with van der Waals surface area (Å²) in [5.74, 6) is 0.800. The van der Waals surface area contributed by atoms with Crippen molar-refractivity contribution in [2.45, 2.75) is 25.8 Å². The third-order valence-corrected chi connectivity index (χ3v) is 1.90. The highest BCUT2D eigenvalue weighted by molar-refractivity contribution is 4.98. The molecule has 0 saturated heterocycles. The maximum absolute atomic E-state index is 5.67. The molecule has 0 aliphatic heterocycles. The van der Waals surface area contributed by atoms with E-state index >= 15 is 0 Å². The van der Waals surface area contributed by atoms with Gasteiger partial charge in [0.1, 0.15) is 6.26 Å². The van der Waals surface area contributed by atoms with Crippen LogP contribution in [0, 0.1) is 0 Å². The second-order valence-electron chi connectivity index (χ2n) is 3.97. The fraction of sp³-hybridized carbons (Fsp3) is 0.700. The number of likely N-dealkylation sites (N-methyl/N-ethyl adjacent to an activating group) is 1. The molecule has 4 nitrogen and oxygen atoms in total. The van der Waals surface area contributed by atoms with Crippen LogP contribution in [0.4, 0.5) is 0 Å². The molecule has 1 unspecified atom stereocenters. The Hall–Kier alpha value is -0.870. The van der Waals surface area contributed by atoms with E-state index in [2.05, 4.69) is 9.88 Å². The largest absolute Gasteiger partial charge is 0.449 e. The van der Waals surface area contributed by atoms with E-state index in [9.17, 15) is 0 Å². The molecular formula is C10H19N3O. The van der Waals surface area contributed by atoms with Crippen molar-refractivity contribution in [3.63, 3.8) is 0 Å². The van der Waals surface area contributed by atoms with E-state index in [4.69, 9.17) is 10.2 Å². The topological polar surface area (TPSA) is 55.3 Å². The maximum atomic E-state index is 5.67. The quantitative estimate of drug-likeness (QED) is 0.753. The number of hydrogen-bond acceptors (Lipinski definition) is 4. The Morgan fingerprint density at radius 2 is 2.29 bits per heavy atom. The Bertz CT molecular complexity index is 268. The molecule has 0 saturated carbocycles. The van der Waals surface area contributed by atoms with Gasteiger partial charge in [0.15, 0.2) is 5.89 Å². The van der Waals surface area contributed by atoms with E-state index in [1.807, 2.05) is 21.0 Å². The van der Waals surface area contributed by atoms with Crippen LogP contribution in [0.2, 0.25) is 0 Å². The summed E-state index contributed by atoms with van der Waals surface area (Å²) in [7, 11) is 4.07. The first-order chi connectivity index (χ1) is 6.58. The van der Waals surface area contributed by atoms with Gasteiger partial charge >= 0.3 is 0 Å². The van der Waals surface area contributed by atoms with Gasteiger partial charge in [-0.05, 0) is 21.0 Å². The molecule has 0 radical (unpaired) electrons. The normalized spacial score (nSPS) is 13.5. The van der Waals surface area contributed by atoms with Gasteiger partial charge in [-0.1, -0.05) is 0 Å². The fourth-order valence-corrected chi connectivity index (χ4v) is 1.21. The van der Waals surface area contributed by atoms with Crippen molar-refractivity contribution in [1.29, 1.82) is 0 Å². The van der Waals surface area contributed by atoms with Crippen molar-refractivity contribution >= 4 is 0 Å². The molecule has 4 heteroatoms. The zero-order valence-corrected chi connectivity index (χ0v) is 9.16. The Morgan fingerprint density at radius 3 is 2.86 bits per heavy atom. The summed E-state index contributed by atoms with van der Waals surface area (Å²) in [5.41, 5.74) is 6.62. The molecule has 0 fully saturated rings. The number of nitrogens with two attached hydrogens (primary N) is 1. The van der Waals surface area contributed by atoms with Crippen LogP contribution in [-0.2, 0) is 12.8 Å². The number of nitrogens with zero attached hydrogens (tertiary/aromatic N) is 2. The molecule has 0 amide bonds. The summed E-state index contributed by atoms with van der Waals surface area (Å²) >= 11 is 0. The van der Waals surface area contributed by atoms with Crippen LogP contribution in [0.3, 0.4) is 0 Å². The zero-order chi connectivity index (χ0) is 10.6. The van der Waals surface area contributed by atoms with Gasteiger partial charge in [0, 0.05) is 25.4 Å². The first-order valence-electron chi connectivity index (χ1n) is 4.91. The van der Waals surface area contributed by atoms with Gasteiger partial charge in [0.25, 0.3) is 0 Å². The smallest absolute Gasteiger partial charge is 0.195 e. The molecule has 1 aromatic rings. The third-order valence-electron chi connectivity index (χ3n) is 1.90. The lowest BCUT2D eigenvalue weighted by molar-refractivity contribution is 0.384. The highest BCUT2D eigenvalue weighted by atomic mass is 16.3. The lowest BCUT2D eigenvalue weighted by Crippen LogP contribution is -2.18. The Kier molecular flexibility index (Phi) is 4.10. The van der Waals surface area contributed by atoms with E-state index in [0.717, 1.165) is 31.0 Å². The van der Waals surface area contributed by atoms with E-state index in [-0.39, 0.29) is 6.04 Å². The summed E-state index contributed by atoms with van der Waals surface area (Å²) in [6, 6.07) is 0.141. The highest BCUT2D eigenvalue weighted by Crippen LogP contribution is 2.05. The van der Waals surface area contributed by atoms with Gasteiger partial charge < -0.3 is 15.1 Å². The van der Waals surface area contributed by atoms with Crippen molar-refractivity contribution in [2.75, 3.05) is 20.6 Å². The minimum absolute atomic E-state index is 0.141. The maximum Gasteiger partial charge on any atom is 0.195 e. The molecule has 0 aliphatic rings. The van der Waals surface area contributed by atoms with Crippen LogP contribution in [-0.4, -0.2) is 36.6 Å². The Balaban J connectivity index is 2.42. The predicted octanol–water partition coefficient (Wildman–Crippen LogP) is 0.668. The van der Waals surface area contributed by atoms with Crippen LogP contribution in [0.15, 0.2) is 10.7 Å². The Labute approximate surface area is 85.1 Å². The van der Waals surface area contributed by atoms with Crippen molar-refractivity contribution in [2.24, 2.45) is 5.73 Å². The molecule has 80 valence electrons. The fourth-order valence-electron chi connectivity index (χ4n) is 1.21. The molecular weight excluding hydrogens is 178 g/mol. The molecule has 1 heterocycles. The van der Waals surface area contributed by atoms with Gasteiger partial charge in [0.05, 0.1) is 5.69 Å².